The second-order valence-electron chi connectivity index (χ2n) is 6.55. The lowest BCUT2D eigenvalue weighted by Crippen LogP contribution is -2.36. The van der Waals surface area contributed by atoms with Gasteiger partial charge in [0.05, 0.1) is 6.54 Å². The topological polar surface area (TPSA) is 101 Å². The number of carbonyl (C=O) groups excluding carboxylic acids is 1. The Bertz CT molecular complexity index is 859. The fraction of sp³-hybridized carbons (Fsp3) is 0.389. The zero-order valence-corrected chi connectivity index (χ0v) is 16.4. The molecule has 0 aliphatic carbocycles. The van der Waals surface area contributed by atoms with Gasteiger partial charge in [0.2, 0.25) is 5.91 Å². The maximum absolute atomic E-state index is 12.6. The van der Waals surface area contributed by atoms with Crippen molar-refractivity contribution in [3.63, 3.8) is 0 Å². The van der Waals surface area contributed by atoms with Crippen molar-refractivity contribution in [3.05, 3.63) is 36.1 Å². The first-order valence-electron chi connectivity index (χ1n) is 9.26. The minimum absolute atomic E-state index is 0.0904. The van der Waals surface area contributed by atoms with E-state index in [1.54, 1.807) is 29.3 Å². The Morgan fingerprint density at radius 3 is 3.04 bits per heavy atom. The lowest BCUT2D eigenvalue weighted by molar-refractivity contribution is -0.117. The molecule has 1 fully saturated rings. The molecule has 9 nitrogen and oxygen atoms in total. The van der Waals surface area contributed by atoms with Crippen LogP contribution in [0.25, 0.3) is 16.6 Å². The number of aromatic nitrogens is 5. The van der Waals surface area contributed by atoms with Crippen molar-refractivity contribution in [2.24, 2.45) is 0 Å². The average Bonchev–Trinajstić information content (AvgIpc) is 3.45. The van der Waals surface area contributed by atoms with Gasteiger partial charge >= 0.3 is 0 Å². The summed E-state index contributed by atoms with van der Waals surface area (Å²) in [5.74, 6) is 1.39. The van der Waals surface area contributed by atoms with Crippen LogP contribution in [-0.4, -0.2) is 67.8 Å². The molecule has 4 rings (SSSR count). The Hall–Kier alpha value is -2.69. The highest BCUT2D eigenvalue weighted by Crippen LogP contribution is 2.21. The lowest BCUT2D eigenvalue weighted by atomic mass is 10.3. The number of carbonyl (C=O) groups is 1. The fourth-order valence-electron chi connectivity index (χ4n) is 3.27. The Morgan fingerprint density at radius 2 is 2.29 bits per heavy atom. The van der Waals surface area contributed by atoms with Crippen LogP contribution in [-0.2, 0) is 4.79 Å². The molecule has 1 aliphatic rings. The first-order chi connectivity index (χ1) is 13.7. The molecule has 0 aromatic carbocycles. The van der Waals surface area contributed by atoms with Crippen molar-refractivity contribution in [1.82, 2.24) is 34.9 Å². The molecule has 146 valence electrons. The van der Waals surface area contributed by atoms with E-state index in [9.17, 15) is 4.79 Å². The highest BCUT2D eigenvalue weighted by molar-refractivity contribution is 7.13. The van der Waals surface area contributed by atoms with Crippen LogP contribution in [0.1, 0.15) is 13.3 Å². The van der Waals surface area contributed by atoms with E-state index >= 15 is 0 Å². The molecule has 1 aliphatic heterocycles. The molecule has 1 atom stereocenters. The number of nitrogens with zero attached hydrogens (tertiary/aromatic N) is 6. The van der Waals surface area contributed by atoms with Gasteiger partial charge in [-0.3, -0.25) is 9.69 Å². The number of rotatable bonds is 7. The molecule has 3 aromatic rings. The van der Waals surface area contributed by atoms with Crippen LogP contribution in [0.2, 0.25) is 0 Å². The van der Waals surface area contributed by atoms with Gasteiger partial charge in [0.25, 0.3) is 0 Å². The second-order valence-corrected chi connectivity index (χ2v) is 7.44. The summed E-state index contributed by atoms with van der Waals surface area (Å²) >= 11 is 1.45. The smallest absolute Gasteiger partial charge is 0.239 e. The van der Waals surface area contributed by atoms with E-state index in [2.05, 4.69) is 42.5 Å². The van der Waals surface area contributed by atoms with Crippen molar-refractivity contribution < 1.29 is 4.79 Å². The summed E-state index contributed by atoms with van der Waals surface area (Å²) in [5.41, 5.74) is 0. The summed E-state index contributed by atoms with van der Waals surface area (Å²) in [4.78, 5) is 28.0. The summed E-state index contributed by atoms with van der Waals surface area (Å²) in [7, 11) is 0. The van der Waals surface area contributed by atoms with Crippen LogP contribution in [0.4, 0.5) is 5.82 Å². The summed E-state index contributed by atoms with van der Waals surface area (Å²) < 4.78 is 1.63. The molecule has 0 bridgehead atoms. The van der Waals surface area contributed by atoms with Crippen LogP contribution >= 0.6 is 11.3 Å². The molecular formula is C18H22N8OS. The molecule has 1 amide bonds. The van der Waals surface area contributed by atoms with E-state index in [-0.39, 0.29) is 5.91 Å². The molecule has 0 saturated carbocycles. The van der Waals surface area contributed by atoms with Crippen molar-refractivity contribution in [3.8, 4) is 16.6 Å². The number of hydrogen-bond donors (Lipinski definition) is 2. The number of likely N-dealkylation sites (N-methyl/N-ethyl adjacent to an activating group) is 1. The van der Waals surface area contributed by atoms with Gasteiger partial charge in [-0.1, -0.05) is 6.92 Å². The van der Waals surface area contributed by atoms with E-state index in [4.69, 9.17) is 0 Å². The monoisotopic (exact) mass is 398 g/mol. The molecular weight excluding hydrogens is 376 g/mol. The summed E-state index contributed by atoms with van der Waals surface area (Å²) in [6.45, 7) is 5.18. The highest BCUT2D eigenvalue weighted by Gasteiger charge is 2.23. The Morgan fingerprint density at radius 1 is 1.36 bits per heavy atom. The SMILES string of the molecule is CCN[C@H]1CCN(CC(=O)Nc2cc(-n3cccn3)nc(-c3nccs3)n2)C1. The van der Waals surface area contributed by atoms with Crippen molar-refractivity contribution in [2.75, 3.05) is 31.5 Å². The Balaban J connectivity index is 1.50. The van der Waals surface area contributed by atoms with E-state index in [0.29, 0.717) is 35.1 Å². The van der Waals surface area contributed by atoms with Crippen LogP contribution in [0.3, 0.4) is 0 Å². The van der Waals surface area contributed by atoms with Crippen molar-refractivity contribution in [2.45, 2.75) is 19.4 Å². The lowest BCUT2D eigenvalue weighted by Gasteiger charge is -2.16. The minimum atomic E-state index is -0.0904. The highest BCUT2D eigenvalue weighted by atomic mass is 32.1. The first kappa shape index (κ1) is 18.7. The molecule has 10 heteroatoms. The van der Waals surface area contributed by atoms with Gasteiger partial charge < -0.3 is 10.6 Å². The third kappa shape index (κ3) is 4.41. The molecule has 0 unspecified atom stereocenters. The van der Waals surface area contributed by atoms with Gasteiger partial charge in [-0.2, -0.15) is 5.10 Å². The maximum Gasteiger partial charge on any atom is 0.239 e. The Kier molecular flexibility index (Phi) is 5.70. The predicted octanol–water partition coefficient (Wildman–Crippen LogP) is 1.41. The largest absolute Gasteiger partial charge is 0.313 e. The second kappa shape index (κ2) is 8.55. The van der Waals surface area contributed by atoms with E-state index < -0.39 is 0 Å². The molecule has 4 heterocycles. The minimum Gasteiger partial charge on any atom is -0.313 e. The van der Waals surface area contributed by atoms with Gasteiger partial charge in [-0.05, 0) is 19.0 Å². The normalized spacial score (nSPS) is 17.1. The van der Waals surface area contributed by atoms with Crippen LogP contribution in [0.15, 0.2) is 36.1 Å². The quantitative estimate of drug-likeness (QED) is 0.620. The number of hydrogen-bond acceptors (Lipinski definition) is 8. The molecule has 0 spiro atoms. The van der Waals surface area contributed by atoms with Gasteiger partial charge in [0.15, 0.2) is 16.6 Å². The van der Waals surface area contributed by atoms with E-state index in [1.807, 2.05) is 11.4 Å². The fourth-order valence-corrected chi connectivity index (χ4v) is 3.84. The summed E-state index contributed by atoms with van der Waals surface area (Å²) in [5, 5.41) is 13.1. The molecule has 0 radical (unpaired) electrons. The number of thiazole rings is 1. The number of nitrogens with one attached hydrogen (secondary N) is 2. The van der Waals surface area contributed by atoms with Crippen LogP contribution in [0.5, 0.6) is 0 Å². The van der Waals surface area contributed by atoms with Crippen LogP contribution in [0, 0.1) is 0 Å². The van der Waals surface area contributed by atoms with Gasteiger partial charge in [-0.25, -0.2) is 19.6 Å². The number of anilines is 1. The average molecular weight is 398 g/mol. The molecule has 28 heavy (non-hydrogen) atoms. The van der Waals surface area contributed by atoms with Crippen molar-refractivity contribution in [1.29, 1.82) is 0 Å². The van der Waals surface area contributed by atoms with E-state index in [0.717, 1.165) is 26.1 Å². The standard InChI is InChI=1S/C18H22N8OS/c1-2-19-13-4-8-25(11-13)12-16(27)22-14-10-15(26-7-3-5-21-26)24-17(23-14)18-20-6-9-28-18/h3,5-7,9-10,13,19H,2,4,8,11-12H2,1H3,(H,22,23,24,27)/t13-/m0/s1. The summed E-state index contributed by atoms with van der Waals surface area (Å²) in [6.07, 6.45) is 6.24. The van der Waals surface area contributed by atoms with E-state index in [1.165, 1.54) is 11.3 Å². The van der Waals surface area contributed by atoms with Crippen molar-refractivity contribution >= 4 is 23.1 Å². The Labute approximate surface area is 166 Å². The predicted molar refractivity (Wildman–Crippen MR) is 107 cm³/mol. The van der Waals surface area contributed by atoms with Gasteiger partial charge in [0, 0.05) is 49.2 Å². The van der Waals surface area contributed by atoms with Gasteiger partial charge in [-0.15, -0.1) is 11.3 Å². The molecule has 1 saturated heterocycles. The third-order valence-corrected chi connectivity index (χ3v) is 5.24. The zero-order valence-electron chi connectivity index (χ0n) is 15.6. The number of likely N-dealkylation sites (tertiary alicyclic amines) is 1. The molecule has 3 aromatic heterocycles. The summed E-state index contributed by atoms with van der Waals surface area (Å²) in [6, 6.07) is 3.99. The maximum atomic E-state index is 12.6. The molecule has 2 N–H and O–H groups in total. The first-order valence-corrected chi connectivity index (χ1v) is 10.1. The third-order valence-electron chi connectivity index (χ3n) is 4.48. The van der Waals surface area contributed by atoms with Crippen LogP contribution < -0.4 is 10.6 Å². The zero-order chi connectivity index (χ0) is 19.3. The van der Waals surface area contributed by atoms with Gasteiger partial charge in [0.1, 0.15) is 5.82 Å². The number of amides is 1.